The molecule has 1 fully saturated rings. The largest absolute Gasteiger partial charge is 0.311 e. The third-order valence-electron chi connectivity index (χ3n) is 3.41. The summed E-state index contributed by atoms with van der Waals surface area (Å²) in [6, 6.07) is 5.16. The SMILES string of the molecule is CC1CN(Cc2cccnn2)C(C(C)C)CN1. The van der Waals surface area contributed by atoms with Crippen molar-refractivity contribution < 1.29 is 0 Å². The lowest BCUT2D eigenvalue weighted by Crippen LogP contribution is -2.56. The summed E-state index contributed by atoms with van der Waals surface area (Å²) >= 11 is 0. The second kappa shape index (κ2) is 5.56. The van der Waals surface area contributed by atoms with Gasteiger partial charge in [0.05, 0.1) is 5.69 Å². The molecular weight excluding hydrogens is 212 g/mol. The third kappa shape index (κ3) is 3.23. The van der Waals surface area contributed by atoms with E-state index in [0.717, 1.165) is 25.3 Å². The molecule has 1 aliphatic rings. The molecule has 0 spiro atoms. The van der Waals surface area contributed by atoms with Gasteiger partial charge >= 0.3 is 0 Å². The van der Waals surface area contributed by atoms with E-state index < -0.39 is 0 Å². The predicted octanol–water partition coefficient (Wildman–Crippen LogP) is 1.29. The van der Waals surface area contributed by atoms with E-state index >= 15 is 0 Å². The number of nitrogens with zero attached hydrogens (tertiary/aromatic N) is 3. The average molecular weight is 234 g/mol. The van der Waals surface area contributed by atoms with Crippen LogP contribution in [0.5, 0.6) is 0 Å². The highest BCUT2D eigenvalue weighted by Crippen LogP contribution is 2.17. The molecule has 1 saturated heterocycles. The molecule has 0 aliphatic carbocycles. The maximum absolute atomic E-state index is 4.18. The van der Waals surface area contributed by atoms with E-state index in [2.05, 4.69) is 47.3 Å². The molecule has 0 saturated carbocycles. The third-order valence-corrected chi connectivity index (χ3v) is 3.41. The van der Waals surface area contributed by atoms with Crippen molar-refractivity contribution in [2.45, 2.75) is 39.4 Å². The fraction of sp³-hybridized carbons (Fsp3) is 0.692. The van der Waals surface area contributed by atoms with Gasteiger partial charge in [0.25, 0.3) is 0 Å². The quantitative estimate of drug-likeness (QED) is 0.856. The first-order valence-corrected chi connectivity index (χ1v) is 6.41. The summed E-state index contributed by atoms with van der Waals surface area (Å²) in [6.45, 7) is 9.86. The molecular formula is C13H22N4. The van der Waals surface area contributed by atoms with Crippen molar-refractivity contribution in [3.8, 4) is 0 Å². The monoisotopic (exact) mass is 234 g/mol. The molecule has 94 valence electrons. The van der Waals surface area contributed by atoms with Gasteiger partial charge in [-0.15, -0.1) is 0 Å². The number of hydrogen-bond acceptors (Lipinski definition) is 4. The Morgan fingerprint density at radius 2 is 2.35 bits per heavy atom. The van der Waals surface area contributed by atoms with E-state index in [1.54, 1.807) is 6.20 Å². The van der Waals surface area contributed by atoms with Crippen LogP contribution in [-0.4, -0.2) is 40.3 Å². The van der Waals surface area contributed by atoms with Gasteiger partial charge in [0.2, 0.25) is 0 Å². The molecule has 2 unspecified atom stereocenters. The Kier molecular flexibility index (Phi) is 4.07. The first-order chi connectivity index (χ1) is 8.16. The summed E-state index contributed by atoms with van der Waals surface area (Å²) in [7, 11) is 0. The van der Waals surface area contributed by atoms with Crippen molar-refractivity contribution >= 4 is 0 Å². The minimum absolute atomic E-state index is 0.557. The van der Waals surface area contributed by atoms with Crippen LogP contribution in [-0.2, 0) is 6.54 Å². The maximum Gasteiger partial charge on any atom is 0.0771 e. The Hall–Kier alpha value is -1.00. The Labute approximate surface area is 103 Å². The predicted molar refractivity (Wildman–Crippen MR) is 68.5 cm³/mol. The van der Waals surface area contributed by atoms with E-state index in [4.69, 9.17) is 0 Å². The standard InChI is InChI=1S/C13H22N4/c1-10(2)13-7-14-11(3)8-17(13)9-12-5-4-6-15-16-12/h4-6,10-11,13-14H,7-9H2,1-3H3. The fourth-order valence-corrected chi connectivity index (χ4v) is 2.47. The van der Waals surface area contributed by atoms with Crippen molar-refractivity contribution in [1.29, 1.82) is 0 Å². The first kappa shape index (κ1) is 12.5. The van der Waals surface area contributed by atoms with Crippen molar-refractivity contribution in [3.63, 3.8) is 0 Å². The summed E-state index contributed by atoms with van der Waals surface area (Å²) < 4.78 is 0. The average Bonchev–Trinajstić information content (AvgIpc) is 2.30. The summed E-state index contributed by atoms with van der Waals surface area (Å²) in [5, 5.41) is 11.7. The van der Waals surface area contributed by atoms with Crippen molar-refractivity contribution in [2.75, 3.05) is 13.1 Å². The molecule has 1 aromatic rings. The molecule has 4 heteroatoms. The summed E-state index contributed by atoms with van der Waals surface area (Å²) in [5.74, 6) is 0.659. The van der Waals surface area contributed by atoms with E-state index in [1.165, 1.54) is 0 Å². The zero-order valence-electron chi connectivity index (χ0n) is 10.9. The van der Waals surface area contributed by atoms with E-state index in [0.29, 0.717) is 18.0 Å². The molecule has 0 amide bonds. The van der Waals surface area contributed by atoms with Crippen LogP contribution in [0.1, 0.15) is 26.5 Å². The van der Waals surface area contributed by atoms with Crippen LogP contribution in [0.15, 0.2) is 18.3 Å². The van der Waals surface area contributed by atoms with Crippen LogP contribution in [0, 0.1) is 5.92 Å². The summed E-state index contributed by atoms with van der Waals surface area (Å²) in [4.78, 5) is 2.52. The molecule has 0 bridgehead atoms. The van der Waals surface area contributed by atoms with Gasteiger partial charge in [0, 0.05) is 37.9 Å². The van der Waals surface area contributed by atoms with E-state index in [-0.39, 0.29) is 0 Å². The first-order valence-electron chi connectivity index (χ1n) is 6.41. The second-order valence-electron chi connectivity index (χ2n) is 5.27. The maximum atomic E-state index is 4.18. The van der Waals surface area contributed by atoms with Crippen LogP contribution < -0.4 is 5.32 Å². The van der Waals surface area contributed by atoms with E-state index in [9.17, 15) is 0 Å². The topological polar surface area (TPSA) is 41.1 Å². The summed E-state index contributed by atoms with van der Waals surface area (Å²) in [5.41, 5.74) is 1.06. The molecule has 4 nitrogen and oxygen atoms in total. The fourth-order valence-electron chi connectivity index (χ4n) is 2.47. The van der Waals surface area contributed by atoms with Gasteiger partial charge in [-0.25, -0.2) is 0 Å². The van der Waals surface area contributed by atoms with Gasteiger partial charge < -0.3 is 5.32 Å². The lowest BCUT2D eigenvalue weighted by molar-refractivity contribution is 0.0940. The molecule has 0 radical (unpaired) electrons. The van der Waals surface area contributed by atoms with Gasteiger partial charge in [0.1, 0.15) is 0 Å². The Morgan fingerprint density at radius 3 is 3.00 bits per heavy atom. The zero-order valence-corrected chi connectivity index (χ0v) is 10.9. The molecule has 2 atom stereocenters. The lowest BCUT2D eigenvalue weighted by atomic mass is 9.98. The van der Waals surface area contributed by atoms with E-state index in [1.807, 2.05) is 6.07 Å². The van der Waals surface area contributed by atoms with Gasteiger partial charge in [-0.1, -0.05) is 13.8 Å². The molecule has 2 rings (SSSR count). The summed E-state index contributed by atoms with van der Waals surface area (Å²) in [6.07, 6.45) is 1.73. The Balaban J connectivity index is 2.05. The normalized spacial score (nSPS) is 26.4. The van der Waals surface area contributed by atoms with Crippen LogP contribution in [0.4, 0.5) is 0 Å². The van der Waals surface area contributed by atoms with Crippen LogP contribution in [0.2, 0.25) is 0 Å². The number of hydrogen-bond donors (Lipinski definition) is 1. The van der Waals surface area contributed by atoms with Crippen molar-refractivity contribution in [3.05, 3.63) is 24.0 Å². The molecule has 0 aromatic carbocycles. The molecule has 1 aromatic heterocycles. The molecule has 17 heavy (non-hydrogen) atoms. The second-order valence-corrected chi connectivity index (χ2v) is 5.27. The van der Waals surface area contributed by atoms with Crippen molar-refractivity contribution in [1.82, 2.24) is 20.4 Å². The van der Waals surface area contributed by atoms with Crippen LogP contribution in [0.3, 0.4) is 0 Å². The number of piperazine rings is 1. The molecule has 1 N–H and O–H groups in total. The Bertz CT molecular complexity index is 339. The van der Waals surface area contributed by atoms with Gasteiger partial charge in [-0.2, -0.15) is 10.2 Å². The number of nitrogens with one attached hydrogen (secondary N) is 1. The smallest absolute Gasteiger partial charge is 0.0771 e. The molecule has 2 heterocycles. The lowest BCUT2D eigenvalue weighted by Gasteiger charge is -2.41. The highest BCUT2D eigenvalue weighted by molar-refractivity contribution is 5.00. The van der Waals surface area contributed by atoms with Crippen LogP contribution >= 0.6 is 0 Å². The van der Waals surface area contributed by atoms with Gasteiger partial charge in [-0.3, -0.25) is 4.90 Å². The Morgan fingerprint density at radius 1 is 1.53 bits per heavy atom. The number of aromatic nitrogens is 2. The van der Waals surface area contributed by atoms with Gasteiger partial charge in [-0.05, 0) is 25.0 Å². The minimum Gasteiger partial charge on any atom is -0.311 e. The van der Waals surface area contributed by atoms with Gasteiger partial charge in [0.15, 0.2) is 0 Å². The molecule has 1 aliphatic heterocycles. The highest BCUT2D eigenvalue weighted by atomic mass is 15.2. The zero-order chi connectivity index (χ0) is 12.3. The highest BCUT2D eigenvalue weighted by Gasteiger charge is 2.28. The number of rotatable bonds is 3. The minimum atomic E-state index is 0.557. The van der Waals surface area contributed by atoms with Crippen molar-refractivity contribution in [2.24, 2.45) is 5.92 Å². The van der Waals surface area contributed by atoms with Crippen LogP contribution in [0.25, 0.3) is 0 Å².